The molecule has 0 amide bonds. The fourth-order valence-corrected chi connectivity index (χ4v) is 2.02. The molecule has 0 saturated carbocycles. The maximum atomic E-state index is 11.6. The van der Waals surface area contributed by atoms with Crippen LogP contribution in [-0.4, -0.2) is 17.8 Å². The Bertz CT molecular complexity index is 618. The number of nitrogens with two attached hydrogens (primary N) is 1. The Morgan fingerprint density at radius 1 is 1.38 bits per heavy atom. The van der Waals surface area contributed by atoms with E-state index >= 15 is 0 Å². The summed E-state index contributed by atoms with van der Waals surface area (Å²) in [6, 6.07) is 6.98. The van der Waals surface area contributed by atoms with E-state index in [0.717, 1.165) is 17.8 Å². The molecule has 2 aromatic rings. The van der Waals surface area contributed by atoms with E-state index in [0.29, 0.717) is 24.0 Å². The Balaban J connectivity index is 2.29. The number of rotatable bonds is 5. The van der Waals surface area contributed by atoms with Crippen LogP contribution in [0, 0.1) is 5.92 Å². The molecule has 1 heterocycles. The molecule has 0 saturated heterocycles. The number of ether oxygens (including phenoxy) is 1. The van der Waals surface area contributed by atoms with Crippen molar-refractivity contribution in [1.82, 2.24) is 5.27 Å². The summed E-state index contributed by atoms with van der Waals surface area (Å²) in [5, 5.41) is 3.95. The minimum Gasteiger partial charge on any atom is -0.462 e. The van der Waals surface area contributed by atoms with Gasteiger partial charge in [0.2, 0.25) is 11.0 Å². The normalized spacial score (nSPS) is 10.9. The smallest absolute Gasteiger partial charge is 0.338 e. The molecule has 1 aromatic heterocycles. The van der Waals surface area contributed by atoms with Gasteiger partial charge in [-0.1, -0.05) is 13.8 Å². The molecule has 0 atom stereocenters. The van der Waals surface area contributed by atoms with E-state index in [1.165, 1.54) is 0 Å². The molecule has 21 heavy (non-hydrogen) atoms. The summed E-state index contributed by atoms with van der Waals surface area (Å²) in [5.74, 6) is 0.408. The van der Waals surface area contributed by atoms with E-state index in [-0.39, 0.29) is 5.97 Å². The van der Waals surface area contributed by atoms with Crippen molar-refractivity contribution in [2.75, 3.05) is 12.3 Å². The molecular formula is C15H20N3O3+. The molecule has 0 unspecified atom stereocenters. The van der Waals surface area contributed by atoms with Crippen molar-refractivity contribution < 1.29 is 18.7 Å². The van der Waals surface area contributed by atoms with Crippen LogP contribution in [0.5, 0.6) is 0 Å². The molecular weight excluding hydrogens is 270 g/mol. The standard InChI is InChI=1S/C15H20N3O3/c1-4-20-15(19)11-5-7-12(8-6-11)18-13(9-10(2)3)14(16)21-17-18/h5-8,10H,4,9,16H2,1-3H3/q+1. The number of anilines is 1. The Morgan fingerprint density at radius 2 is 2.05 bits per heavy atom. The third-order valence-corrected chi connectivity index (χ3v) is 2.99. The SMILES string of the molecule is CCOC(=O)c1ccc(-[n+]2noc(N)c2CC(C)C)cc1. The number of nitrogens with zero attached hydrogens (tertiary/aromatic N) is 2. The highest BCUT2D eigenvalue weighted by Crippen LogP contribution is 2.14. The van der Waals surface area contributed by atoms with Crippen LogP contribution in [0.15, 0.2) is 28.8 Å². The van der Waals surface area contributed by atoms with Gasteiger partial charge in [0, 0.05) is 18.6 Å². The number of hydrogen-bond donors (Lipinski definition) is 1. The number of aromatic nitrogens is 2. The van der Waals surface area contributed by atoms with Crippen LogP contribution >= 0.6 is 0 Å². The third-order valence-electron chi connectivity index (χ3n) is 2.99. The second kappa shape index (κ2) is 6.39. The first kappa shape index (κ1) is 15.0. The molecule has 0 aliphatic rings. The van der Waals surface area contributed by atoms with Gasteiger partial charge in [-0.3, -0.25) is 4.52 Å². The molecule has 0 fully saturated rings. The highest BCUT2D eigenvalue weighted by Gasteiger charge is 2.25. The summed E-state index contributed by atoms with van der Waals surface area (Å²) >= 11 is 0. The lowest BCUT2D eigenvalue weighted by Crippen LogP contribution is -2.37. The van der Waals surface area contributed by atoms with Crippen LogP contribution in [0.4, 0.5) is 5.88 Å². The van der Waals surface area contributed by atoms with E-state index in [2.05, 4.69) is 19.1 Å². The molecule has 0 spiro atoms. The summed E-state index contributed by atoms with van der Waals surface area (Å²) in [7, 11) is 0. The summed E-state index contributed by atoms with van der Waals surface area (Å²) in [4.78, 5) is 11.6. The van der Waals surface area contributed by atoms with Crippen molar-refractivity contribution in [2.24, 2.45) is 5.92 Å². The van der Waals surface area contributed by atoms with E-state index in [9.17, 15) is 4.79 Å². The van der Waals surface area contributed by atoms with Crippen LogP contribution in [0.3, 0.4) is 0 Å². The number of carbonyl (C=O) groups excluding carboxylic acids is 1. The lowest BCUT2D eigenvalue weighted by Gasteiger charge is -2.01. The number of benzene rings is 1. The number of nitrogen functional groups attached to an aromatic ring is 1. The van der Waals surface area contributed by atoms with E-state index in [1.807, 2.05) is 0 Å². The first-order chi connectivity index (χ1) is 10.0. The highest BCUT2D eigenvalue weighted by atomic mass is 16.5. The maximum absolute atomic E-state index is 11.6. The van der Waals surface area contributed by atoms with Crippen molar-refractivity contribution in [3.05, 3.63) is 35.5 Å². The lowest BCUT2D eigenvalue weighted by atomic mass is 10.1. The summed E-state index contributed by atoms with van der Waals surface area (Å²) in [5.41, 5.74) is 7.94. The summed E-state index contributed by atoms with van der Waals surface area (Å²) in [6.07, 6.45) is 0.759. The summed E-state index contributed by atoms with van der Waals surface area (Å²) in [6.45, 7) is 6.33. The Hall–Kier alpha value is -2.37. The molecule has 6 heteroatoms. The average molecular weight is 290 g/mol. The predicted octanol–water partition coefficient (Wildman–Crippen LogP) is 1.91. The largest absolute Gasteiger partial charge is 0.462 e. The highest BCUT2D eigenvalue weighted by molar-refractivity contribution is 5.89. The molecule has 6 nitrogen and oxygen atoms in total. The first-order valence-electron chi connectivity index (χ1n) is 6.96. The van der Waals surface area contributed by atoms with Crippen molar-refractivity contribution in [3.63, 3.8) is 0 Å². The molecule has 112 valence electrons. The number of carbonyl (C=O) groups is 1. The van der Waals surface area contributed by atoms with Gasteiger partial charge in [0.1, 0.15) is 0 Å². The second-order valence-electron chi connectivity index (χ2n) is 5.16. The number of hydrogen-bond acceptors (Lipinski definition) is 5. The second-order valence-corrected chi connectivity index (χ2v) is 5.16. The monoisotopic (exact) mass is 290 g/mol. The Labute approximate surface area is 123 Å². The molecule has 1 aromatic carbocycles. The van der Waals surface area contributed by atoms with E-state index in [1.54, 1.807) is 35.9 Å². The molecule has 0 radical (unpaired) electrons. The molecule has 0 aliphatic heterocycles. The van der Waals surface area contributed by atoms with Gasteiger partial charge in [0.15, 0.2) is 0 Å². The van der Waals surface area contributed by atoms with Crippen LogP contribution in [0.2, 0.25) is 0 Å². The Kier molecular flexibility index (Phi) is 4.57. The zero-order valence-corrected chi connectivity index (χ0v) is 12.5. The molecule has 2 N–H and O–H groups in total. The first-order valence-corrected chi connectivity index (χ1v) is 6.96. The van der Waals surface area contributed by atoms with Crippen molar-refractivity contribution in [1.29, 1.82) is 0 Å². The average Bonchev–Trinajstić information content (AvgIpc) is 2.80. The molecule has 0 bridgehead atoms. The van der Waals surface area contributed by atoms with Gasteiger partial charge in [-0.25, -0.2) is 4.79 Å². The van der Waals surface area contributed by atoms with Gasteiger partial charge < -0.3 is 10.5 Å². The van der Waals surface area contributed by atoms with Gasteiger partial charge in [-0.2, -0.15) is 0 Å². The van der Waals surface area contributed by atoms with Crippen molar-refractivity contribution >= 4 is 11.9 Å². The van der Waals surface area contributed by atoms with Crippen LogP contribution < -0.4 is 10.4 Å². The summed E-state index contributed by atoms with van der Waals surface area (Å²) < 4.78 is 11.7. The topological polar surface area (TPSA) is 82.2 Å². The van der Waals surface area contributed by atoms with Crippen LogP contribution in [-0.2, 0) is 11.2 Å². The maximum Gasteiger partial charge on any atom is 0.338 e. The molecule has 0 aliphatic carbocycles. The fraction of sp³-hybridized carbons (Fsp3) is 0.400. The van der Waals surface area contributed by atoms with Crippen molar-refractivity contribution in [2.45, 2.75) is 27.2 Å². The zero-order valence-electron chi connectivity index (χ0n) is 12.5. The van der Waals surface area contributed by atoms with E-state index < -0.39 is 0 Å². The third kappa shape index (κ3) is 3.39. The van der Waals surface area contributed by atoms with Crippen LogP contribution in [0.1, 0.15) is 36.8 Å². The van der Waals surface area contributed by atoms with Gasteiger partial charge in [0.05, 0.1) is 12.2 Å². The lowest BCUT2D eigenvalue weighted by molar-refractivity contribution is -0.677. The minimum absolute atomic E-state index is 0.318. The minimum atomic E-state index is -0.337. The zero-order chi connectivity index (χ0) is 15.4. The predicted molar refractivity (Wildman–Crippen MR) is 76.9 cm³/mol. The van der Waals surface area contributed by atoms with Gasteiger partial charge in [0.25, 0.3) is 11.6 Å². The van der Waals surface area contributed by atoms with E-state index in [4.69, 9.17) is 15.0 Å². The van der Waals surface area contributed by atoms with Gasteiger partial charge >= 0.3 is 5.97 Å². The molecule has 2 rings (SSSR count). The number of esters is 1. The fourth-order valence-electron chi connectivity index (χ4n) is 2.02. The van der Waals surface area contributed by atoms with Gasteiger partial charge in [-0.15, -0.1) is 0 Å². The van der Waals surface area contributed by atoms with Crippen molar-refractivity contribution in [3.8, 4) is 5.69 Å². The van der Waals surface area contributed by atoms with Crippen LogP contribution in [0.25, 0.3) is 5.69 Å². The Morgan fingerprint density at radius 3 is 2.62 bits per heavy atom. The quantitative estimate of drug-likeness (QED) is 0.672. The van der Waals surface area contributed by atoms with Gasteiger partial charge in [-0.05, 0) is 29.7 Å².